The number of nitrogens with one attached hydrogen (secondary N) is 1. The van der Waals surface area contributed by atoms with Crippen LogP contribution in [-0.4, -0.2) is 67.4 Å². The Morgan fingerprint density at radius 2 is 2.04 bits per heavy atom. The molecule has 0 saturated carbocycles. The molecule has 2 aromatic rings. The average Bonchev–Trinajstić information content (AvgIpc) is 2.68. The minimum atomic E-state index is 0.264. The van der Waals surface area contributed by atoms with Crippen molar-refractivity contribution in [3.05, 3.63) is 18.3 Å². The first-order valence-electron chi connectivity index (χ1n) is 8.58. The lowest BCUT2D eigenvalue weighted by atomic mass is 10.1. The fourth-order valence-electron chi connectivity index (χ4n) is 2.91. The Hall–Kier alpha value is -2.84. The van der Waals surface area contributed by atoms with Gasteiger partial charge in [-0.05, 0) is 18.9 Å². The Morgan fingerprint density at radius 3 is 2.77 bits per heavy atom. The second-order valence-corrected chi connectivity index (χ2v) is 6.32. The summed E-state index contributed by atoms with van der Waals surface area (Å²) in [5.41, 5.74) is 0. The van der Waals surface area contributed by atoms with Crippen molar-refractivity contribution in [3.8, 4) is 11.9 Å². The van der Waals surface area contributed by atoms with Crippen LogP contribution in [0.3, 0.4) is 0 Å². The van der Waals surface area contributed by atoms with E-state index in [2.05, 4.69) is 30.2 Å². The lowest BCUT2D eigenvalue weighted by Crippen LogP contribution is -2.42. The number of anilines is 3. The van der Waals surface area contributed by atoms with Crippen LogP contribution in [0.5, 0.6) is 11.9 Å². The highest BCUT2D eigenvalue weighted by Gasteiger charge is 2.22. The van der Waals surface area contributed by atoms with E-state index in [-0.39, 0.29) is 6.04 Å². The molecule has 0 amide bonds. The van der Waals surface area contributed by atoms with Crippen LogP contribution in [0.1, 0.15) is 12.8 Å². The van der Waals surface area contributed by atoms with Crippen molar-refractivity contribution in [2.24, 2.45) is 0 Å². The Kier molecular flexibility index (Phi) is 5.55. The van der Waals surface area contributed by atoms with Crippen LogP contribution in [0.4, 0.5) is 17.6 Å². The van der Waals surface area contributed by atoms with Gasteiger partial charge in [0.2, 0.25) is 11.8 Å². The second-order valence-electron chi connectivity index (χ2n) is 6.32. The molecule has 140 valence electrons. The molecule has 9 nitrogen and oxygen atoms in total. The van der Waals surface area contributed by atoms with Crippen molar-refractivity contribution in [1.29, 1.82) is 0 Å². The zero-order valence-electron chi connectivity index (χ0n) is 15.6. The van der Waals surface area contributed by atoms with E-state index in [1.165, 1.54) is 0 Å². The highest BCUT2D eigenvalue weighted by atomic mass is 16.5. The molecule has 0 bridgehead atoms. The van der Waals surface area contributed by atoms with E-state index in [1.54, 1.807) is 20.4 Å². The third-order valence-electron chi connectivity index (χ3n) is 4.20. The van der Waals surface area contributed by atoms with Crippen LogP contribution >= 0.6 is 0 Å². The molecule has 9 heteroatoms. The summed E-state index contributed by atoms with van der Waals surface area (Å²) in [5, 5.41) is 3.51. The van der Waals surface area contributed by atoms with Crippen molar-refractivity contribution in [2.45, 2.75) is 18.9 Å². The molecular weight excluding hydrogens is 334 g/mol. The van der Waals surface area contributed by atoms with Crippen LogP contribution in [0.25, 0.3) is 0 Å². The molecule has 0 aromatic carbocycles. The van der Waals surface area contributed by atoms with Crippen molar-refractivity contribution in [1.82, 2.24) is 19.9 Å². The predicted molar refractivity (Wildman–Crippen MR) is 100 cm³/mol. The third kappa shape index (κ3) is 4.22. The van der Waals surface area contributed by atoms with Gasteiger partial charge in [-0.1, -0.05) is 0 Å². The van der Waals surface area contributed by atoms with Crippen molar-refractivity contribution in [3.63, 3.8) is 0 Å². The number of hydrogen-bond acceptors (Lipinski definition) is 9. The quantitative estimate of drug-likeness (QED) is 0.822. The first-order chi connectivity index (χ1) is 12.6. The van der Waals surface area contributed by atoms with Crippen LogP contribution in [0.2, 0.25) is 0 Å². The molecule has 1 N–H and O–H groups in total. The molecule has 1 aliphatic heterocycles. The van der Waals surface area contributed by atoms with E-state index < -0.39 is 0 Å². The van der Waals surface area contributed by atoms with E-state index in [1.807, 2.05) is 31.1 Å². The van der Waals surface area contributed by atoms with E-state index in [9.17, 15) is 0 Å². The molecule has 3 rings (SSSR count). The second kappa shape index (κ2) is 8.03. The Labute approximate surface area is 153 Å². The predicted octanol–water partition coefficient (Wildman–Crippen LogP) is 1.43. The maximum absolute atomic E-state index is 5.25. The molecule has 0 spiro atoms. The molecule has 3 heterocycles. The van der Waals surface area contributed by atoms with Crippen LogP contribution < -0.4 is 24.6 Å². The SMILES string of the molecule is COc1cc(N2CCCC(Nc3ccnc(N(C)C)n3)C2)nc(OC)n1. The summed E-state index contributed by atoms with van der Waals surface area (Å²) in [6.07, 6.45) is 3.89. The maximum Gasteiger partial charge on any atom is 0.321 e. The minimum absolute atomic E-state index is 0.264. The van der Waals surface area contributed by atoms with Gasteiger partial charge in [0.15, 0.2) is 0 Å². The number of nitrogens with zero attached hydrogens (tertiary/aromatic N) is 6. The number of piperidine rings is 1. The molecule has 1 saturated heterocycles. The van der Waals surface area contributed by atoms with Gasteiger partial charge in [0, 0.05) is 45.5 Å². The average molecular weight is 359 g/mol. The molecule has 1 unspecified atom stereocenters. The zero-order chi connectivity index (χ0) is 18.5. The number of methoxy groups -OCH3 is 2. The monoisotopic (exact) mass is 359 g/mol. The van der Waals surface area contributed by atoms with Gasteiger partial charge in [0.25, 0.3) is 0 Å². The van der Waals surface area contributed by atoms with Gasteiger partial charge in [-0.3, -0.25) is 0 Å². The van der Waals surface area contributed by atoms with Gasteiger partial charge >= 0.3 is 6.01 Å². The number of rotatable bonds is 6. The summed E-state index contributed by atoms with van der Waals surface area (Å²) in [5.74, 6) is 2.81. The van der Waals surface area contributed by atoms with E-state index in [0.29, 0.717) is 17.8 Å². The van der Waals surface area contributed by atoms with Crippen molar-refractivity contribution in [2.75, 3.05) is 56.5 Å². The first-order valence-corrected chi connectivity index (χ1v) is 8.58. The van der Waals surface area contributed by atoms with Gasteiger partial charge in [-0.25, -0.2) is 4.98 Å². The van der Waals surface area contributed by atoms with Gasteiger partial charge in [-0.15, -0.1) is 0 Å². The molecule has 26 heavy (non-hydrogen) atoms. The summed E-state index contributed by atoms with van der Waals surface area (Å²) in [7, 11) is 6.99. The first kappa shape index (κ1) is 18.0. The lowest BCUT2D eigenvalue weighted by Gasteiger charge is -2.34. The molecule has 1 fully saturated rings. The topological polar surface area (TPSA) is 88.5 Å². The summed E-state index contributed by atoms with van der Waals surface area (Å²) < 4.78 is 10.4. The largest absolute Gasteiger partial charge is 0.481 e. The van der Waals surface area contributed by atoms with Crippen LogP contribution in [0.15, 0.2) is 18.3 Å². The smallest absolute Gasteiger partial charge is 0.321 e. The fraction of sp³-hybridized carbons (Fsp3) is 0.529. The molecule has 2 aromatic heterocycles. The number of ether oxygens (including phenoxy) is 2. The summed E-state index contributed by atoms with van der Waals surface area (Å²) in [6.45, 7) is 1.73. The van der Waals surface area contributed by atoms with Crippen LogP contribution in [0, 0.1) is 0 Å². The molecule has 1 aliphatic rings. The van der Waals surface area contributed by atoms with E-state index in [4.69, 9.17) is 9.47 Å². The normalized spacial score (nSPS) is 16.9. The summed E-state index contributed by atoms with van der Waals surface area (Å²) >= 11 is 0. The number of aromatic nitrogens is 4. The lowest BCUT2D eigenvalue weighted by molar-refractivity contribution is 0.351. The molecule has 1 atom stereocenters. The zero-order valence-corrected chi connectivity index (χ0v) is 15.6. The van der Waals surface area contributed by atoms with E-state index >= 15 is 0 Å². The molecular formula is C17H25N7O2. The van der Waals surface area contributed by atoms with Gasteiger partial charge in [0.05, 0.1) is 14.2 Å². The van der Waals surface area contributed by atoms with Crippen molar-refractivity contribution >= 4 is 17.6 Å². The van der Waals surface area contributed by atoms with Crippen LogP contribution in [-0.2, 0) is 0 Å². The van der Waals surface area contributed by atoms with Gasteiger partial charge in [0.1, 0.15) is 11.6 Å². The highest BCUT2D eigenvalue weighted by molar-refractivity contribution is 5.46. The third-order valence-corrected chi connectivity index (χ3v) is 4.20. The summed E-state index contributed by atoms with van der Waals surface area (Å²) in [4.78, 5) is 21.5. The minimum Gasteiger partial charge on any atom is -0.481 e. The Morgan fingerprint density at radius 1 is 1.19 bits per heavy atom. The maximum atomic E-state index is 5.25. The Balaban J connectivity index is 1.72. The van der Waals surface area contributed by atoms with Gasteiger partial charge < -0.3 is 24.6 Å². The summed E-state index contributed by atoms with van der Waals surface area (Å²) in [6, 6.07) is 4.30. The standard InChI is InChI=1S/C17H25N7O2/c1-23(2)16-18-8-7-13(20-16)19-12-6-5-9-24(11-12)14-10-15(25-3)22-17(21-14)26-4/h7-8,10,12H,5-6,9,11H2,1-4H3,(H,18,19,20). The van der Waals surface area contributed by atoms with Gasteiger partial charge in [-0.2, -0.15) is 15.0 Å². The molecule has 0 radical (unpaired) electrons. The highest BCUT2D eigenvalue weighted by Crippen LogP contribution is 2.24. The fourth-order valence-corrected chi connectivity index (χ4v) is 2.91. The van der Waals surface area contributed by atoms with Crippen molar-refractivity contribution < 1.29 is 9.47 Å². The Bertz CT molecular complexity index is 719. The number of hydrogen-bond donors (Lipinski definition) is 1. The molecule has 0 aliphatic carbocycles. The van der Waals surface area contributed by atoms with E-state index in [0.717, 1.165) is 37.6 Å².